The van der Waals surface area contributed by atoms with Crippen molar-refractivity contribution in [2.24, 2.45) is 5.92 Å². The van der Waals surface area contributed by atoms with Crippen LogP contribution in [0, 0.1) is 32.8 Å². The number of allylic oxidation sites excluding steroid dienone is 4. The average molecular weight is 520 g/mol. The van der Waals surface area contributed by atoms with Crippen LogP contribution in [-0.4, -0.2) is 24.9 Å². The van der Waals surface area contributed by atoms with Crippen LogP contribution in [0.1, 0.15) is 70.7 Å². The van der Waals surface area contributed by atoms with Gasteiger partial charge in [0.15, 0.2) is 0 Å². The van der Waals surface area contributed by atoms with Gasteiger partial charge in [-0.2, -0.15) is 11.1 Å². The van der Waals surface area contributed by atoms with Gasteiger partial charge in [-0.05, 0) is 53.6 Å². The summed E-state index contributed by atoms with van der Waals surface area (Å²) in [5, 5.41) is 10.8. The van der Waals surface area contributed by atoms with Crippen molar-refractivity contribution in [2.75, 3.05) is 0 Å². The summed E-state index contributed by atoms with van der Waals surface area (Å²) in [6.07, 6.45) is 3.36. The Hall–Kier alpha value is 0.228. The van der Waals surface area contributed by atoms with Crippen molar-refractivity contribution in [3.8, 4) is 5.75 Å². The Labute approximate surface area is 219 Å². The molecule has 5 radical (unpaired) electrons. The number of hydrogen-bond donors (Lipinski definition) is 1. The minimum atomic E-state index is 0. The smallest absolute Gasteiger partial charge is 0.117 e. The summed E-state index contributed by atoms with van der Waals surface area (Å²) in [6.45, 7) is 25.6. The molecule has 0 saturated heterocycles. The molecule has 1 aliphatic carbocycles. The first kappa shape index (κ1) is 37.5. The van der Waals surface area contributed by atoms with E-state index in [4.69, 9.17) is 0 Å². The Bertz CT molecular complexity index is 707. The van der Waals surface area contributed by atoms with Crippen molar-refractivity contribution in [3.05, 3.63) is 45.0 Å². The number of phenolic OH excluding ortho intramolecular Hbond substituents is 1. The monoisotopic (exact) mass is 518 g/mol. The number of benzene rings is 1. The SMILES string of the molecule is CC1=[C-]C(C)C(C)=C1C.C[Si]C.Cc1c(C)c(O)c([Si])c(C(C)(C)C)c1C.Cl.Cl.[Ti]. The van der Waals surface area contributed by atoms with E-state index in [0.29, 0.717) is 11.7 Å². The molecular formula is C24H40Cl2OSi2Ti-. The Morgan fingerprint density at radius 1 is 0.900 bits per heavy atom. The fraction of sp³-hybridized carbons (Fsp3) is 0.583. The predicted molar refractivity (Wildman–Crippen MR) is 138 cm³/mol. The average Bonchev–Trinajstić information content (AvgIpc) is 2.77. The molecule has 0 aliphatic heterocycles. The number of halogens is 2. The Kier molecular flexibility index (Phi) is 19.9. The van der Waals surface area contributed by atoms with Gasteiger partial charge in [0, 0.05) is 31.2 Å². The fourth-order valence-corrected chi connectivity index (χ4v) is 3.99. The summed E-state index contributed by atoms with van der Waals surface area (Å²) in [4.78, 5) is 0. The second-order valence-corrected chi connectivity index (χ2v) is 10.0. The van der Waals surface area contributed by atoms with Gasteiger partial charge in [0.2, 0.25) is 0 Å². The largest absolute Gasteiger partial charge is 0.508 e. The molecule has 1 nitrogen and oxygen atoms in total. The quantitative estimate of drug-likeness (QED) is 0.297. The summed E-state index contributed by atoms with van der Waals surface area (Å²) in [5.74, 6) is 0.935. The Morgan fingerprint density at radius 2 is 1.30 bits per heavy atom. The normalized spacial score (nSPS) is 14.7. The van der Waals surface area contributed by atoms with E-state index in [9.17, 15) is 5.11 Å². The first-order valence-electron chi connectivity index (χ1n) is 9.63. The molecule has 0 aromatic heterocycles. The summed E-state index contributed by atoms with van der Waals surface area (Å²) in [7, 11) is 4.64. The first-order valence-corrected chi connectivity index (χ1v) is 12.1. The molecule has 1 aromatic rings. The summed E-state index contributed by atoms with van der Waals surface area (Å²) in [6, 6.07) is 0. The summed E-state index contributed by atoms with van der Waals surface area (Å²) < 4.78 is 0. The summed E-state index contributed by atoms with van der Waals surface area (Å²) in [5.41, 5.74) is 8.89. The molecule has 0 amide bonds. The van der Waals surface area contributed by atoms with E-state index < -0.39 is 0 Å². The van der Waals surface area contributed by atoms with Gasteiger partial charge in [0.05, 0.1) is 10.2 Å². The zero-order valence-corrected chi connectivity index (χ0v) is 26.0. The van der Waals surface area contributed by atoms with Crippen LogP contribution in [0.3, 0.4) is 0 Å². The Balaban J connectivity index is -0.000000195. The van der Waals surface area contributed by atoms with Crippen LogP contribution in [0.5, 0.6) is 5.75 Å². The van der Waals surface area contributed by atoms with Crippen molar-refractivity contribution >= 4 is 49.8 Å². The van der Waals surface area contributed by atoms with Crippen molar-refractivity contribution < 1.29 is 26.8 Å². The Morgan fingerprint density at radius 3 is 1.53 bits per heavy atom. The van der Waals surface area contributed by atoms with E-state index in [1.165, 1.54) is 33.4 Å². The minimum Gasteiger partial charge on any atom is -0.508 e. The van der Waals surface area contributed by atoms with Gasteiger partial charge >= 0.3 is 0 Å². The van der Waals surface area contributed by atoms with Crippen LogP contribution < -0.4 is 5.19 Å². The zero-order chi connectivity index (χ0) is 21.7. The van der Waals surface area contributed by atoms with E-state index in [2.05, 4.69) is 91.7 Å². The fourth-order valence-electron chi connectivity index (χ4n) is 3.24. The third-order valence-corrected chi connectivity index (χ3v) is 5.82. The molecule has 169 valence electrons. The van der Waals surface area contributed by atoms with Gasteiger partial charge in [-0.25, -0.2) is 5.57 Å². The van der Waals surface area contributed by atoms with Crippen molar-refractivity contribution in [2.45, 2.75) is 87.7 Å². The molecule has 1 atom stereocenters. The molecule has 2 rings (SSSR count). The van der Waals surface area contributed by atoms with E-state index >= 15 is 0 Å². The van der Waals surface area contributed by atoms with Crippen molar-refractivity contribution in [1.29, 1.82) is 0 Å². The van der Waals surface area contributed by atoms with Crippen LogP contribution in [0.25, 0.3) is 0 Å². The second kappa shape index (κ2) is 15.9. The van der Waals surface area contributed by atoms with Gasteiger partial charge in [0.1, 0.15) is 5.75 Å². The van der Waals surface area contributed by atoms with Gasteiger partial charge < -0.3 is 5.11 Å². The molecule has 0 saturated carbocycles. The van der Waals surface area contributed by atoms with Gasteiger partial charge in [-0.1, -0.05) is 60.6 Å². The molecule has 30 heavy (non-hydrogen) atoms. The van der Waals surface area contributed by atoms with Crippen molar-refractivity contribution in [1.82, 2.24) is 0 Å². The van der Waals surface area contributed by atoms with Crippen LogP contribution in [-0.2, 0) is 27.1 Å². The van der Waals surface area contributed by atoms with E-state index in [-0.39, 0.29) is 51.9 Å². The van der Waals surface area contributed by atoms with Gasteiger partial charge in [-0.15, -0.1) is 31.7 Å². The van der Waals surface area contributed by atoms with Crippen molar-refractivity contribution in [3.63, 3.8) is 0 Å². The third kappa shape index (κ3) is 9.79. The van der Waals surface area contributed by atoms with Crippen LogP contribution >= 0.6 is 24.8 Å². The maximum Gasteiger partial charge on any atom is 0.117 e. The number of hydrogen-bond acceptors (Lipinski definition) is 1. The van der Waals surface area contributed by atoms with Gasteiger partial charge in [0.25, 0.3) is 0 Å². The maximum absolute atomic E-state index is 10.0. The zero-order valence-electron chi connectivity index (χ0n) is 20.8. The summed E-state index contributed by atoms with van der Waals surface area (Å²) >= 11 is 0. The molecule has 1 aromatic carbocycles. The van der Waals surface area contributed by atoms with Gasteiger partial charge in [-0.3, -0.25) is 6.08 Å². The van der Waals surface area contributed by atoms with Crippen LogP contribution in [0.15, 0.2) is 16.7 Å². The molecular weight excluding hydrogens is 479 g/mol. The molecule has 6 heteroatoms. The molecule has 1 aliphatic rings. The molecule has 1 N–H and O–H groups in total. The molecule has 0 fully saturated rings. The number of aromatic hydroxyl groups is 1. The van der Waals surface area contributed by atoms with Crippen LogP contribution in [0.4, 0.5) is 0 Å². The predicted octanol–water partition coefficient (Wildman–Crippen LogP) is 6.76. The second-order valence-electron chi connectivity index (χ2n) is 8.52. The topological polar surface area (TPSA) is 20.2 Å². The molecule has 0 spiro atoms. The molecule has 1 unspecified atom stereocenters. The number of phenols is 1. The first-order chi connectivity index (χ1) is 12.2. The third-order valence-electron chi connectivity index (χ3n) is 5.33. The van der Waals surface area contributed by atoms with E-state index in [1.54, 1.807) is 0 Å². The maximum atomic E-state index is 10.0. The standard InChI is InChI=1S/C13H19OSi.C9H13.C2H6Si.2ClH.Ti/c1-7-8(2)10(13(4,5)6)12(15)11(14)9(7)3;1-6-5-7(2)9(4)8(6)3;1-3-2;;;/h14H,1-6H3;6H,1-4H3;1-2H3;2*1H;/q;-1;;;;. The molecule has 0 bridgehead atoms. The molecule has 0 heterocycles. The van der Waals surface area contributed by atoms with E-state index in [0.717, 1.165) is 20.3 Å². The minimum absolute atomic E-state index is 0. The van der Waals surface area contributed by atoms with E-state index in [1.807, 2.05) is 6.92 Å². The van der Waals surface area contributed by atoms with Crippen LogP contribution in [0.2, 0.25) is 13.1 Å². The number of rotatable bonds is 0.